The van der Waals surface area contributed by atoms with Gasteiger partial charge in [-0.15, -0.1) is 0 Å². The quantitative estimate of drug-likeness (QED) is 0.483. The monoisotopic (exact) mass is 413 g/mol. The van der Waals surface area contributed by atoms with Gasteiger partial charge in [0.25, 0.3) is 0 Å². The highest BCUT2D eigenvalue weighted by Crippen LogP contribution is 2.36. The number of nitriles is 1. The van der Waals surface area contributed by atoms with Gasteiger partial charge in [-0.1, -0.05) is 13.5 Å². The van der Waals surface area contributed by atoms with Crippen LogP contribution >= 0.6 is 0 Å². The first-order valence-electron chi connectivity index (χ1n) is 10.2. The maximum absolute atomic E-state index is 9.45. The summed E-state index contributed by atoms with van der Waals surface area (Å²) in [6.07, 6.45) is 12.5. The van der Waals surface area contributed by atoms with Crippen LogP contribution in [0.2, 0.25) is 0 Å². The Labute approximate surface area is 179 Å². The fraction of sp³-hybridized carbons (Fsp3) is 0.318. The van der Waals surface area contributed by atoms with Crippen LogP contribution in [0.25, 0.3) is 28.0 Å². The Bertz CT molecular complexity index is 1310. The summed E-state index contributed by atoms with van der Waals surface area (Å²) in [4.78, 5) is 7.13. The molecule has 4 aromatic rings. The molecule has 0 N–H and O–H groups in total. The van der Waals surface area contributed by atoms with Crippen LogP contribution in [0.4, 0.5) is 0 Å². The van der Waals surface area contributed by atoms with Crippen LogP contribution in [0.1, 0.15) is 19.8 Å². The van der Waals surface area contributed by atoms with Crippen molar-refractivity contribution in [1.29, 1.82) is 5.26 Å². The largest absolute Gasteiger partial charge is 0.370 e. The number of likely N-dealkylation sites (tertiary alicyclic amines) is 1. The summed E-state index contributed by atoms with van der Waals surface area (Å²) in [6, 6.07) is 4.28. The van der Waals surface area contributed by atoms with Crippen LogP contribution < -0.4 is 0 Å². The summed E-state index contributed by atoms with van der Waals surface area (Å²) in [6.45, 7) is 7.69. The van der Waals surface area contributed by atoms with Gasteiger partial charge in [-0.05, 0) is 12.5 Å². The van der Waals surface area contributed by atoms with Crippen LogP contribution in [0.5, 0.6) is 0 Å². The molecule has 1 aliphatic rings. The van der Waals surface area contributed by atoms with E-state index in [-0.39, 0.29) is 5.54 Å². The molecule has 0 unspecified atom stereocenters. The zero-order valence-electron chi connectivity index (χ0n) is 17.6. The van der Waals surface area contributed by atoms with Crippen molar-refractivity contribution in [2.24, 2.45) is 7.05 Å². The molecule has 9 nitrogen and oxygen atoms in total. The smallest absolute Gasteiger partial charge is 0.110 e. The molecule has 0 atom stereocenters. The van der Waals surface area contributed by atoms with Gasteiger partial charge in [0.1, 0.15) is 5.54 Å². The van der Waals surface area contributed by atoms with E-state index in [1.54, 1.807) is 17.1 Å². The highest BCUT2D eigenvalue weighted by molar-refractivity contribution is 5.78. The van der Waals surface area contributed by atoms with Crippen LogP contribution in [-0.4, -0.2) is 52.1 Å². The predicted octanol–water partition coefficient (Wildman–Crippen LogP) is 2.84. The van der Waals surface area contributed by atoms with Crippen LogP contribution in [0, 0.1) is 11.3 Å². The Kier molecular flexibility index (Phi) is 4.36. The number of aryl methyl sites for hydroxylation is 1. The molecule has 0 saturated carbocycles. The number of nitrogens with zero attached hydrogens (tertiary/aromatic N) is 9. The molecular formula is C22H23N9. The summed E-state index contributed by atoms with van der Waals surface area (Å²) in [5.41, 5.74) is 5.04. The zero-order valence-corrected chi connectivity index (χ0v) is 17.6. The Hall–Kier alpha value is -3.93. The maximum atomic E-state index is 9.45. The molecule has 0 spiro atoms. The molecule has 0 bridgehead atoms. The molecule has 1 aliphatic heterocycles. The fourth-order valence-electron chi connectivity index (χ4n) is 4.13. The molecule has 5 rings (SSSR count). The molecule has 1 saturated heterocycles. The van der Waals surface area contributed by atoms with Crippen LogP contribution in [-0.2, 0) is 12.6 Å². The molecule has 9 heteroatoms. The van der Waals surface area contributed by atoms with Crippen molar-refractivity contribution < 1.29 is 0 Å². The van der Waals surface area contributed by atoms with E-state index in [0.29, 0.717) is 6.42 Å². The van der Waals surface area contributed by atoms with E-state index in [1.165, 1.54) is 0 Å². The van der Waals surface area contributed by atoms with E-state index >= 15 is 0 Å². The number of hydrogen-bond donors (Lipinski definition) is 0. The minimum absolute atomic E-state index is 0.345. The van der Waals surface area contributed by atoms with Gasteiger partial charge in [-0.3, -0.25) is 9.36 Å². The molecule has 0 radical (unpaired) electrons. The summed E-state index contributed by atoms with van der Waals surface area (Å²) < 4.78 is 5.50. The Balaban J connectivity index is 1.54. The van der Waals surface area contributed by atoms with Crippen LogP contribution in [0.3, 0.4) is 0 Å². The highest BCUT2D eigenvalue weighted by Gasteiger charge is 2.45. The Morgan fingerprint density at radius 1 is 1.16 bits per heavy atom. The normalized spacial score (nSPS) is 15.1. The minimum Gasteiger partial charge on any atom is -0.370 e. The van der Waals surface area contributed by atoms with Crippen molar-refractivity contribution in [3.63, 3.8) is 0 Å². The lowest BCUT2D eigenvalue weighted by Gasteiger charge is -2.51. The lowest BCUT2D eigenvalue weighted by molar-refractivity contribution is 0.0310. The summed E-state index contributed by atoms with van der Waals surface area (Å²) in [5.74, 6) is 0. The average molecular weight is 413 g/mol. The van der Waals surface area contributed by atoms with Crippen molar-refractivity contribution in [2.75, 3.05) is 13.1 Å². The van der Waals surface area contributed by atoms with Gasteiger partial charge in [0, 0.05) is 49.4 Å². The summed E-state index contributed by atoms with van der Waals surface area (Å²) >= 11 is 0. The molecular weight excluding hydrogens is 390 g/mol. The summed E-state index contributed by atoms with van der Waals surface area (Å²) in [5, 5.41) is 22.8. The zero-order chi connectivity index (χ0) is 21.6. The number of aromatic nitrogens is 7. The van der Waals surface area contributed by atoms with Gasteiger partial charge in [0.15, 0.2) is 0 Å². The Morgan fingerprint density at radius 2 is 1.97 bits per heavy atom. The number of fused-ring (bicyclic) bond motifs is 1. The van der Waals surface area contributed by atoms with Gasteiger partial charge in [0.05, 0.1) is 54.2 Å². The van der Waals surface area contributed by atoms with Crippen molar-refractivity contribution in [2.45, 2.75) is 25.3 Å². The van der Waals surface area contributed by atoms with Gasteiger partial charge in [-0.25, -0.2) is 9.50 Å². The van der Waals surface area contributed by atoms with E-state index in [4.69, 9.17) is 4.98 Å². The minimum atomic E-state index is -0.345. The number of hydrogen-bond acceptors (Lipinski definition) is 6. The SMILES string of the molecule is C=C(CC)N1CC(CC#N)(n2cc(-c3nc(-c4cnn(C)c4)cn4nccc34)cn2)C1. The van der Waals surface area contributed by atoms with Gasteiger partial charge in [-0.2, -0.15) is 20.6 Å². The van der Waals surface area contributed by atoms with Crippen molar-refractivity contribution in [3.05, 3.63) is 55.5 Å². The maximum Gasteiger partial charge on any atom is 0.110 e. The van der Waals surface area contributed by atoms with Gasteiger partial charge in [0.2, 0.25) is 0 Å². The van der Waals surface area contributed by atoms with Gasteiger partial charge >= 0.3 is 0 Å². The summed E-state index contributed by atoms with van der Waals surface area (Å²) in [7, 11) is 1.88. The Morgan fingerprint density at radius 3 is 2.68 bits per heavy atom. The highest BCUT2D eigenvalue weighted by atomic mass is 15.4. The van der Waals surface area contributed by atoms with Gasteiger partial charge < -0.3 is 4.90 Å². The first-order chi connectivity index (χ1) is 15.0. The number of rotatable bonds is 6. The molecule has 0 amide bonds. The molecule has 0 aliphatic carbocycles. The standard InChI is InChI=1S/C22H23N9/c1-4-16(2)29-14-22(15-29,6-7-23)31-12-18(10-26-31)21-20-5-8-24-30(20)13-19(27-21)17-9-25-28(3)11-17/h5,8-13H,2,4,6,14-15H2,1,3H3. The lowest BCUT2D eigenvalue weighted by Crippen LogP contribution is -2.61. The van der Waals surface area contributed by atoms with Crippen molar-refractivity contribution in [1.82, 2.24) is 39.1 Å². The van der Waals surface area contributed by atoms with Crippen molar-refractivity contribution in [3.8, 4) is 28.6 Å². The third-order valence-corrected chi connectivity index (χ3v) is 5.97. The molecule has 156 valence electrons. The lowest BCUT2D eigenvalue weighted by atomic mass is 9.86. The molecule has 1 fully saturated rings. The van der Waals surface area contributed by atoms with E-state index < -0.39 is 0 Å². The molecule has 5 heterocycles. The second-order valence-corrected chi connectivity index (χ2v) is 8.05. The second kappa shape index (κ2) is 7.09. The third kappa shape index (κ3) is 3.08. The molecule has 31 heavy (non-hydrogen) atoms. The predicted molar refractivity (Wildman–Crippen MR) is 116 cm³/mol. The van der Waals surface area contributed by atoms with E-state index in [0.717, 1.165) is 53.2 Å². The molecule has 4 aromatic heterocycles. The molecule has 0 aromatic carbocycles. The topological polar surface area (TPSA) is 92.9 Å². The van der Waals surface area contributed by atoms with E-state index in [1.807, 2.05) is 47.1 Å². The fourth-order valence-corrected chi connectivity index (χ4v) is 4.13. The first kappa shape index (κ1) is 19.1. The van der Waals surface area contributed by atoms with Crippen molar-refractivity contribution >= 4 is 5.52 Å². The van der Waals surface area contributed by atoms with E-state index in [9.17, 15) is 5.26 Å². The third-order valence-electron chi connectivity index (χ3n) is 5.97. The number of allylic oxidation sites excluding steroid dienone is 1. The van der Waals surface area contributed by atoms with Crippen LogP contribution in [0.15, 0.2) is 55.5 Å². The second-order valence-electron chi connectivity index (χ2n) is 8.05. The van der Waals surface area contributed by atoms with E-state index in [2.05, 4.69) is 39.8 Å². The first-order valence-corrected chi connectivity index (χ1v) is 10.2. The average Bonchev–Trinajstić information content (AvgIpc) is 3.49.